The second kappa shape index (κ2) is 3.82. The molecule has 0 aliphatic heterocycles. The molecule has 1 fully saturated rings. The average molecular weight is 248 g/mol. The zero-order valence-corrected chi connectivity index (χ0v) is 9.75. The number of hydrogen-bond acceptors (Lipinski definition) is 3. The summed E-state index contributed by atoms with van der Waals surface area (Å²) in [5.41, 5.74) is 6.70. The molecule has 17 heavy (non-hydrogen) atoms. The molecule has 0 atom stereocenters. The monoisotopic (exact) mass is 248 g/mol. The highest BCUT2D eigenvalue weighted by atomic mass is 19.4. The molecule has 4 nitrogen and oxygen atoms in total. The van der Waals surface area contributed by atoms with Crippen molar-refractivity contribution >= 4 is 11.5 Å². The van der Waals surface area contributed by atoms with Gasteiger partial charge in [0.1, 0.15) is 6.54 Å². The number of anilines is 2. The maximum absolute atomic E-state index is 12.5. The first-order valence-corrected chi connectivity index (χ1v) is 5.42. The van der Waals surface area contributed by atoms with Crippen LogP contribution < -0.4 is 10.6 Å². The number of halogens is 3. The molecule has 1 aromatic heterocycles. The summed E-state index contributed by atoms with van der Waals surface area (Å²) in [6.45, 7) is 0.721. The normalized spacial score (nSPS) is 16.3. The Morgan fingerprint density at radius 1 is 1.47 bits per heavy atom. The van der Waals surface area contributed by atoms with Crippen LogP contribution >= 0.6 is 0 Å². The number of nitrogen functional groups attached to an aromatic ring is 1. The largest absolute Gasteiger partial charge is 0.405 e. The third kappa shape index (κ3) is 2.48. The molecule has 0 amide bonds. The highest BCUT2D eigenvalue weighted by Gasteiger charge is 2.40. The van der Waals surface area contributed by atoms with E-state index in [4.69, 9.17) is 5.73 Å². The van der Waals surface area contributed by atoms with Gasteiger partial charge in [-0.1, -0.05) is 0 Å². The van der Waals surface area contributed by atoms with Crippen molar-refractivity contribution < 1.29 is 13.2 Å². The van der Waals surface area contributed by atoms with Gasteiger partial charge in [-0.05, 0) is 19.8 Å². The predicted octanol–water partition coefficient (Wildman–Crippen LogP) is 1.84. The molecule has 1 saturated carbocycles. The van der Waals surface area contributed by atoms with Crippen molar-refractivity contribution in [3.8, 4) is 0 Å². The van der Waals surface area contributed by atoms with E-state index in [1.54, 1.807) is 14.0 Å². The van der Waals surface area contributed by atoms with Gasteiger partial charge in [-0.2, -0.15) is 18.3 Å². The Morgan fingerprint density at radius 3 is 2.41 bits per heavy atom. The first kappa shape index (κ1) is 12.1. The third-order valence-electron chi connectivity index (χ3n) is 2.85. The van der Waals surface area contributed by atoms with Gasteiger partial charge in [-0.15, -0.1) is 0 Å². The molecule has 0 unspecified atom stereocenters. The summed E-state index contributed by atoms with van der Waals surface area (Å²) in [6.07, 6.45) is -2.67. The van der Waals surface area contributed by atoms with Crippen molar-refractivity contribution in [2.24, 2.45) is 7.05 Å². The molecule has 1 heterocycles. The number of aromatic nitrogens is 2. The highest BCUT2D eigenvalue weighted by molar-refractivity contribution is 5.67. The van der Waals surface area contributed by atoms with Crippen LogP contribution in [-0.2, 0) is 7.05 Å². The number of rotatable bonds is 3. The van der Waals surface area contributed by atoms with Gasteiger partial charge in [-0.3, -0.25) is 4.68 Å². The lowest BCUT2D eigenvalue weighted by molar-refractivity contribution is -0.120. The van der Waals surface area contributed by atoms with E-state index < -0.39 is 12.7 Å². The van der Waals surface area contributed by atoms with Crippen LogP contribution in [-0.4, -0.2) is 28.5 Å². The van der Waals surface area contributed by atoms with Crippen molar-refractivity contribution in [3.05, 3.63) is 5.69 Å². The smallest absolute Gasteiger partial charge is 0.394 e. The zero-order chi connectivity index (χ0) is 12.8. The summed E-state index contributed by atoms with van der Waals surface area (Å²) in [5.74, 6) is 0.377. The second-order valence-corrected chi connectivity index (χ2v) is 4.42. The minimum absolute atomic E-state index is 0.0614. The number of aryl methyl sites for hydroxylation is 2. The van der Waals surface area contributed by atoms with Crippen molar-refractivity contribution in [2.45, 2.75) is 32.0 Å². The van der Waals surface area contributed by atoms with Crippen molar-refractivity contribution in [1.82, 2.24) is 9.78 Å². The van der Waals surface area contributed by atoms with Crippen LogP contribution in [0.15, 0.2) is 0 Å². The molecule has 2 N–H and O–H groups in total. The minimum atomic E-state index is -4.23. The van der Waals surface area contributed by atoms with Crippen LogP contribution in [0.3, 0.4) is 0 Å². The first-order valence-electron chi connectivity index (χ1n) is 5.42. The van der Waals surface area contributed by atoms with Gasteiger partial charge in [0.05, 0.1) is 11.4 Å². The molecule has 0 aromatic carbocycles. The maximum atomic E-state index is 12.5. The lowest BCUT2D eigenvalue weighted by Gasteiger charge is -2.26. The van der Waals surface area contributed by atoms with E-state index in [9.17, 15) is 13.2 Å². The molecule has 0 radical (unpaired) electrons. The fourth-order valence-corrected chi connectivity index (χ4v) is 1.96. The maximum Gasteiger partial charge on any atom is 0.405 e. The van der Waals surface area contributed by atoms with Crippen molar-refractivity contribution in [3.63, 3.8) is 0 Å². The minimum Gasteiger partial charge on any atom is -0.394 e. The van der Waals surface area contributed by atoms with Gasteiger partial charge in [-0.25, -0.2) is 0 Å². The summed E-state index contributed by atoms with van der Waals surface area (Å²) in [5, 5.41) is 4.05. The van der Waals surface area contributed by atoms with E-state index in [2.05, 4.69) is 5.10 Å². The summed E-state index contributed by atoms with van der Waals surface area (Å²) < 4.78 is 39.0. The molecule has 0 spiro atoms. The summed E-state index contributed by atoms with van der Waals surface area (Å²) in [7, 11) is 1.62. The van der Waals surface area contributed by atoms with Gasteiger partial charge in [0.25, 0.3) is 0 Å². The molecule has 1 aliphatic rings. The Labute approximate surface area is 97.2 Å². The van der Waals surface area contributed by atoms with Crippen LogP contribution in [0.2, 0.25) is 0 Å². The fraction of sp³-hybridized carbons (Fsp3) is 0.700. The van der Waals surface area contributed by atoms with E-state index in [1.165, 1.54) is 9.58 Å². The van der Waals surface area contributed by atoms with Crippen LogP contribution in [0.4, 0.5) is 24.7 Å². The average Bonchev–Trinajstić information content (AvgIpc) is 2.93. The molecule has 1 aromatic rings. The summed E-state index contributed by atoms with van der Waals surface area (Å²) in [6, 6.07) is -0.0614. The fourth-order valence-electron chi connectivity index (χ4n) is 1.96. The molecule has 0 saturated heterocycles. The van der Waals surface area contributed by atoms with Gasteiger partial charge >= 0.3 is 6.18 Å². The highest BCUT2D eigenvalue weighted by Crippen LogP contribution is 2.37. The van der Waals surface area contributed by atoms with Crippen LogP contribution in [0.5, 0.6) is 0 Å². The zero-order valence-electron chi connectivity index (χ0n) is 9.75. The predicted molar refractivity (Wildman–Crippen MR) is 58.8 cm³/mol. The van der Waals surface area contributed by atoms with Crippen LogP contribution in [0, 0.1) is 6.92 Å². The molecule has 2 rings (SSSR count). The van der Waals surface area contributed by atoms with Crippen molar-refractivity contribution in [2.75, 3.05) is 17.2 Å². The van der Waals surface area contributed by atoms with E-state index in [0.29, 0.717) is 17.2 Å². The van der Waals surface area contributed by atoms with E-state index >= 15 is 0 Å². The lowest BCUT2D eigenvalue weighted by Crippen LogP contribution is -2.37. The number of nitrogens with zero attached hydrogens (tertiary/aromatic N) is 3. The summed E-state index contributed by atoms with van der Waals surface area (Å²) in [4.78, 5) is 1.31. The third-order valence-corrected chi connectivity index (χ3v) is 2.85. The number of hydrogen-bond donors (Lipinski definition) is 1. The second-order valence-electron chi connectivity index (χ2n) is 4.42. The summed E-state index contributed by atoms with van der Waals surface area (Å²) >= 11 is 0. The Morgan fingerprint density at radius 2 is 2.06 bits per heavy atom. The SMILES string of the molecule is Cc1nn(C)c(N(CC(F)(F)F)C2CC2)c1N. The van der Waals surface area contributed by atoms with E-state index in [0.717, 1.165) is 12.8 Å². The topological polar surface area (TPSA) is 47.1 Å². The number of alkyl halides is 3. The standard InChI is InChI=1S/C10H15F3N4/c1-6-8(14)9(16(2)15-6)17(7-3-4-7)5-10(11,12)13/h7H,3-5,14H2,1-2H3. The quantitative estimate of drug-likeness (QED) is 0.887. The van der Waals surface area contributed by atoms with Gasteiger partial charge < -0.3 is 10.6 Å². The molecular weight excluding hydrogens is 233 g/mol. The molecule has 7 heteroatoms. The van der Waals surface area contributed by atoms with Crippen molar-refractivity contribution in [1.29, 1.82) is 0 Å². The van der Waals surface area contributed by atoms with E-state index in [-0.39, 0.29) is 6.04 Å². The Hall–Kier alpha value is -1.40. The van der Waals surface area contributed by atoms with Gasteiger partial charge in [0.2, 0.25) is 0 Å². The Kier molecular flexibility index (Phi) is 2.71. The van der Waals surface area contributed by atoms with Crippen LogP contribution in [0.25, 0.3) is 0 Å². The van der Waals surface area contributed by atoms with Gasteiger partial charge in [0.15, 0.2) is 5.82 Å². The Bertz CT molecular complexity index is 420. The lowest BCUT2D eigenvalue weighted by atomic mass is 10.3. The molecule has 1 aliphatic carbocycles. The number of nitrogens with two attached hydrogens (primary N) is 1. The molecular formula is C10H15F3N4. The van der Waals surface area contributed by atoms with Crippen LogP contribution in [0.1, 0.15) is 18.5 Å². The molecule has 0 bridgehead atoms. The van der Waals surface area contributed by atoms with Gasteiger partial charge in [0, 0.05) is 13.1 Å². The molecule has 96 valence electrons. The van der Waals surface area contributed by atoms with E-state index in [1.807, 2.05) is 0 Å². The Balaban J connectivity index is 2.32. The first-order chi connectivity index (χ1) is 7.79.